The van der Waals surface area contributed by atoms with E-state index in [1.165, 1.54) is 0 Å². The Kier molecular flexibility index (Phi) is 4.48. The Balaban J connectivity index is 2.86. The first-order chi connectivity index (χ1) is 7.30. The number of benzene rings is 1. The molecule has 0 spiro atoms. The fraction of sp³-hybridized carbons (Fsp3) is 0.364. The fourth-order valence-corrected chi connectivity index (χ4v) is 1.23. The molecule has 88 valence electrons. The smallest absolute Gasteiger partial charge is 0.131 e. The highest BCUT2D eigenvalue weighted by molar-refractivity contribution is 6.66. The van der Waals surface area contributed by atoms with Crippen LogP contribution in [0.5, 0.6) is 0 Å². The van der Waals surface area contributed by atoms with E-state index in [1.54, 1.807) is 18.2 Å². The van der Waals surface area contributed by atoms with Gasteiger partial charge in [-0.25, -0.2) is 0 Å². The van der Waals surface area contributed by atoms with Gasteiger partial charge < -0.3 is 0 Å². The Morgan fingerprint density at radius 1 is 1.25 bits per heavy atom. The van der Waals surface area contributed by atoms with Gasteiger partial charge in [0.15, 0.2) is 0 Å². The number of rotatable bonds is 2. The van der Waals surface area contributed by atoms with Crippen molar-refractivity contribution in [2.24, 2.45) is 10.5 Å². The average Bonchev–Trinajstić information content (AvgIpc) is 2.17. The molecule has 0 aliphatic rings. The van der Waals surface area contributed by atoms with E-state index in [0.717, 1.165) is 0 Å². The zero-order valence-electron chi connectivity index (χ0n) is 9.31. The normalized spacial score (nSPS) is 12.8. The van der Waals surface area contributed by atoms with Crippen LogP contribution in [-0.4, -0.2) is 5.17 Å². The molecule has 0 atom stereocenters. The summed E-state index contributed by atoms with van der Waals surface area (Å²) in [4.78, 5) is 0. The van der Waals surface area contributed by atoms with Crippen molar-refractivity contribution in [1.82, 2.24) is 0 Å². The monoisotopic (exact) mass is 278 g/mol. The van der Waals surface area contributed by atoms with Crippen molar-refractivity contribution in [3.05, 3.63) is 28.2 Å². The van der Waals surface area contributed by atoms with Crippen molar-refractivity contribution < 1.29 is 0 Å². The maximum Gasteiger partial charge on any atom is 0.131 e. The summed E-state index contributed by atoms with van der Waals surface area (Å²) in [5, 5.41) is 5.67. The molecule has 2 nitrogen and oxygen atoms in total. The van der Waals surface area contributed by atoms with Crippen LogP contribution < -0.4 is 5.43 Å². The fourth-order valence-electron chi connectivity index (χ4n) is 0.860. The minimum absolute atomic E-state index is 0.195. The summed E-state index contributed by atoms with van der Waals surface area (Å²) in [6, 6.07) is 5.11. The molecule has 1 aromatic rings. The van der Waals surface area contributed by atoms with Gasteiger partial charge in [-0.15, -0.1) is 0 Å². The van der Waals surface area contributed by atoms with Gasteiger partial charge in [0.2, 0.25) is 0 Å². The third-order valence-electron chi connectivity index (χ3n) is 1.82. The number of hydrazone groups is 1. The van der Waals surface area contributed by atoms with E-state index in [1.807, 2.05) is 20.8 Å². The Morgan fingerprint density at radius 3 is 2.44 bits per heavy atom. The van der Waals surface area contributed by atoms with Gasteiger partial charge in [0.05, 0.1) is 10.7 Å². The molecule has 0 aliphatic carbocycles. The van der Waals surface area contributed by atoms with Crippen molar-refractivity contribution in [1.29, 1.82) is 0 Å². The van der Waals surface area contributed by atoms with Gasteiger partial charge in [0, 0.05) is 10.4 Å². The van der Waals surface area contributed by atoms with Crippen molar-refractivity contribution in [2.75, 3.05) is 5.43 Å². The Bertz CT molecular complexity index is 408. The van der Waals surface area contributed by atoms with Crippen LogP contribution in [0.3, 0.4) is 0 Å². The van der Waals surface area contributed by atoms with Crippen molar-refractivity contribution in [3.63, 3.8) is 0 Å². The van der Waals surface area contributed by atoms with Crippen molar-refractivity contribution >= 4 is 45.7 Å². The highest BCUT2D eigenvalue weighted by atomic mass is 35.5. The van der Waals surface area contributed by atoms with E-state index >= 15 is 0 Å². The maximum absolute atomic E-state index is 6.01. The lowest BCUT2D eigenvalue weighted by Crippen LogP contribution is -2.15. The molecule has 0 bridgehead atoms. The first-order valence-corrected chi connectivity index (χ1v) is 5.89. The molecule has 0 heterocycles. The molecular formula is C11H13Cl3N2. The van der Waals surface area contributed by atoms with Gasteiger partial charge in [0.25, 0.3) is 0 Å². The van der Waals surface area contributed by atoms with E-state index in [0.29, 0.717) is 20.9 Å². The average molecular weight is 280 g/mol. The summed E-state index contributed by atoms with van der Waals surface area (Å²) < 4.78 is 0. The quantitative estimate of drug-likeness (QED) is 0.597. The molecule has 16 heavy (non-hydrogen) atoms. The van der Waals surface area contributed by atoms with Crippen LogP contribution in [-0.2, 0) is 0 Å². The zero-order chi connectivity index (χ0) is 12.3. The molecule has 5 heteroatoms. The molecule has 1 rings (SSSR count). The number of anilines is 1. The van der Waals surface area contributed by atoms with Crippen LogP contribution >= 0.6 is 34.8 Å². The molecule has 0 aliphatic heterocycles. The summed E-state index contributed by atoms with van der Waals surface area (Å²) in [5.74, 6) is 0. The second-order valence-electron chi connectivity index (χ2n) is 4.39. The highest BCUT2D eigenvalue weighted by Crippen LogP contribution is 2.26. The van der Waals surface area contributed by atoms with Gasteiger partial charge in [-0.05, 0) is 18.2 Å². The summed E-state index contributed by atoms with van der Waals surface area (Å²) in [6.07, 6.45) is 0. The first kappa shape index (κ1) is 13.6. The van der Waals surface area contributed by atoms with Crippen LogP contribution in [0.25, 0.3) is 0 Å². The Hall–Kier alpha value is -0.440. The highest BCUT2D eigenvalue weighted by Gasteiger charge is 2.16. The lowest BCUT2D eigenvalue weighted by molar-refractivity contribution is 0.599. The Morgan fingerprint density at radius 2 is 1.88 bits per heavy atom. The predicted molar refractivity (Wildman–Crippen MR) is 72.8 cm³/mol. The van der Waals surface area contributed by atoms with Crippen LogP contribution in [0.4, 0.5) is 5.69 Å². The number of hydrogen-bond acceptors (Lipinski definition) is 2. The first-order valence-electron chi connectivity index (χ1n) is 4.75. The van der Waals surface area contributed by atoms with Gasteiger partial charge in [-0.3, -0.25) is 5.43 Å². The molecule has 0 saturated heterocycles. The molecular weight excluding hydrogens is 266 g/mol. The van der Waals surface area contributed by atoms with E-state index in [-0.39, 0.29) is 5.41 Å². The maximum atomic E-state index is 6.01. The lowest BCUT2D eigenvalue weighted by Gasteiger charge is -2.15. The van der Waals surface area contributed by atoms with Gasteiger partial charge in [-0.2, -0.15) is 5.10 Å². The van der Waals surface area contributed by atoms with Gasteiger partial charge >= 0.3 is 0 Å². The van der Waals surface area contributed by atoms with Crippen LogP contribution in [0.15, 0.2) is 23.3 Å². The Labute approximate surface area is 111 Å². The number of halogens is 3. The van der Waals surface area contributed by atoms with Gasteiger partial charge in [-0.1, -0.05) is 55.6 Å². The van der Waals surface area contributed by atoms with Gasteiger partial charge in [0.1, 0.15) is 5.17 Å². The molecule has 1 N–H and O–H groups in total. The summed E-state index contributed by atoms with van der Waals surface area (Å²) in [6.45, 7) is 5.92. The third kappa shape index (κ3) is 3.85. The van der Waals surface area contributed by atoms with Crippen molar-refractivity contribution in [3.8, 4) is 0 Å². The minimum Gasteiger partial charge on any atom is -0.276 e. The number of nitrogens with zero attached hydrogens (tertiary/aromatic N) is 1. The molecule has 1 aromatic carbocycles. The SMILES string of the molecule is CC(C)(C)/C(Cl)=N/Nc1cc(Cl)ccc1Cl. The molecule has 0 fully saturated rings. The molecule has 0 saturated carbocycles. The second-order valence-corrected chi connectivity index (χ2v) is 5.59. The van der Waals surface area contributed by atoms with Crippen molar-refractivity contribution in [2.45, 2.75) is 20.8 Å². The number of nitrogens with one attached hydrogen (secondary N) is 1. The van der Waals surface area contributed by atoms with E-state index < -0.39 is 0 Å². The molecule has 0 radical (unpaired) electrons. The number of hydrogen-bond donors (Lipinski definition) is 1. The largest absolute Gasteiger partial charge is 0.276 e. The second kappa shape index (κ2) is 5.26. The molecule has 0 amide bonds. The third-order valence-corrected chi connectivity index (χ3v) is 3.04. The topological polar surface area (TPSA) is 24.4 Å². The van der Waals surface area contributed by atoms with E-state index in [4.69, 9.17) is 34.8 Å². The molecule has 0 unspecified atom stereocenters. The predicted octanol–water partition coefficient (Wildman–Crippen LogP) is 5.00. The standard InChI is InChI=1S/C11H13Cl3N2/c1-11(2,3)10(14)16-15-9-6-7(12)4-5-8(9)13/h4-6,15H,1-3H3/b16-10-. The lowest BCUT2D eigenvalue weighted by atomic mass is 9.99. The minimum atomic E-state index is -0.195. The van der Waals surface area contributed by atoms with Crippen LogP contribution in [0, 0.1) is 5.41 Å². The summed E-state index contributed by atoms with van der Waals surface area (Å²) >= 11 is 17.8. The van der Waals surface area contributed by atoms with Crippen LogP contribution in [0.2, 0.25) is 10.0 Å². The molecule has 0 aromatic heterocycles. The summed E-state index contributed by atoms with van der Waals surface area (Å²) in [5.41, 5.74) is 3.24. The zero-order valence-corrected chi connectivity index (χ0v) is 11.6. The van der Waals surface area contributed by atoms with Crippen LogP contribution in [0.1, 0.15) is 20.8 Å². The van der Waals surface area contributed by atoms with E-state index in [9.17, 15) is 0 Å². The summed E-state index contributed by atoms with van der Waals surface area (Å²) in [7, 11) is 0. The van der Waals surface area contributed by atoms with E-state index in [2.05, 4.69) is 10.5 Å².